The quantitative estimate of drug-likeness (QED) is 0.484. The van der Waals surface area contributed by atoms with Gasteiger partial charge in [0.1, 0.15) is 0 Å². The van der Waals surface area contributed by atoms with Crippen LogP contribution in [0, 0.1) is 5.92 Å². The first-order valence-corrected chi connectivity index (χ1v) is 3.79. The predicted octanol–water partition coefficient (Wildman–Crippen LogP) is 0.119. The summed E-state index contributed by atoms with van der Waals surface area (Å²) in [5.74, 6) is 0.800. The topological polar surface area (TPSA) is 32.3 Å². The first-order chi connectivity index (χ1) is 4.38. The van der Waals surface area contributed by atoms with Gasteiger partial charge in [-0.1, -0.05) is 0 Å². The molecule has 1 saturated heterocycles. The Kier molecular flexibility index (Phi) is 1.24. The summed E-state index contributed by atoms with van der Waals surface area (Å²) >= 11 is 0. The van der Waals surface area contributed by atoms with E-state index in [0.29, 0.717) is 6.04 Å². The van der Waals surface area contributed by atoms with Crippen molar-refractivity contribution in [2.24, 2.45) is 5.92 Å². The van der Waals surface area contributed by atoms with E-state index in [4.69, 9.17) is 0 Å². The van der Waals surface area contributed by atoms with E-state index in [0.717, 1.165) is 18.9 Å². The van der Waals surface area contributed by atoms with E-state index in [1.54, 1.807) is 0 Å². The Morgan fingerprint density at radius 2 is 2.33 bits per heavy atom. The third kappa shape index (κ3) is 0.775. The molecule has 2 aliphatic rings. The van der Waals surface area contributed by atoms with Gasteiger partial charge in [-0.3, -0.25) is 0 Å². The molecule has 0 bridgehead atoms. The second-order valence-corrected chi connectivity index (χ2v) is 3.19. The molecule has 0 spiro atoms. The fourth-order valence-electron chi connectivity index (χ4n) is 1.95. The van der Waals surface area contributed by atoms with Crippen molar-refractivity contribution in [3.05, 3.63) is 0 Å². The molecule has 9 heavy (non-hydrogen) atoms. The van der Waals surface area contributed by atoms with Crippen LogP contribution in [-0.4, -0.2) is 23.8 Å². The lowest BCUT2D eigenvalue weighted by molar-refractivity contribution is -0.0203. The van der Waals surface area contributed by atoms with Crippen molar-refractivity contribution in [2.45, 2.75) is 31.4 Å². The largest absolute Gasteiger partial charge is 0.391 e. The monoisotopic (exact) mass is 127 g/mol. The van der Waals surface area contributed by atoms with Gasteiger partial charge in [-0.05, 0) is 31.7 Å². The lowest BCUT2D eigenvalue weighted by atomic mass is 9.72. The van der Waals surface area contributed by atoms with Crippen LogP contribution in [-0.2, 0) is 0 Å². The van der Waals surface area contributed by atoms with Gasteiger partial charge in [-0.25, -0.2) is 0 Å². The number of aliphatic hydroxyl groups excluding tert-OH is 1. The third-order valence-electron chi connectivity index (χ3n) is 2.60. The molecule has 0 aromatic heterocycles. The van der Waals surface area contributed by atoms with E-state index < -0.39 is 0 Å². The van der Waals surface area contributed by atoms with Gasteiger partial charge in [-0.2, -0.15) is 0 Å². The number of aliphatic hydroxyl groups is 1. The molecule has 1 saturated carbocycles. The van der Waals surface area contributed by atoms with Crippen LogP contribution in [0.3, 0.4) is 0 Å². The lowest BCUT2D eigenvalue weighted by Crippen LogP contribution is -2.58. The van der Waals surface area contributed by atoms with Crippen molar-refractivity contribution in [2.75, 3.05) is 6.54 Å². The van der Waals surface area contributed by atoms with Crippen LogP contribution in [0.15, 0.2) is 0 Å². The van der Waals surface area contributed by atoms with Crippen LogP contribution in [0.25, 0.3) is 0 Å². The Morgan fingerprint density at radius 3 is 2.89 bits per heavy atom. The maximum Gasteiger partial charge on any atom is 0.0699 e. The van der Waals surface area contributed by atoms with Crippen LogP contribution < -0.4 is 5.32 Å². The molecule has 3 atom stereocenters. The van der Waals surface area contributed by atoms with Crippen molar-refractivity contribution in [1.82, 2.24) is 5.32 Å². The Morgan fingerprint density at radius 1 is 1.44 bits per heavy atom. The smallest absolute Gasteiger partial charge is 0.0699 e. The molecule has 1 heterocycles. The highest BCUT2D eigenvalue weighted by Gasteiger charge is 2.40. The minimum Gasteiger partial charge on any atom is -0.391 e. The fourth-order valence-corrected chi connectivity index (χ4v) is 1.95. The van der Waals surface area contributed by atoms with Crippen molar-refractivity contribution < 1.29 is 5.11 Å². The SMILES string of the molecule is OC1C[C@@H]2CCCN[C@H]12. The molecule has 2 fully saturated rings. The predicted molar refractivity (Wildman–Crippen MR) is 35.1 cm³/mol. The summed E-state index contributed by atoms with van der Waals surface area (Å²) in [6.45, 7) is 1.11. The van der Waals surface area contributed by atoms with Crippen molar-refractivity contribution in [1.29, 1.82) is 0 Å². The van der Waals surface area contributed by atoms with Gasteiger partial charge in [0.05, 0.1) is 6.10 Å². The Bertz CT molecular complexity index is 113. The van der Waals surface area contributed by atoms with Gasteiger partial charge in [0.15, 0.2) is 0 Å². The van der Waals surface area contributed by atoms with Gasteiger partial charge >= 0.3 is 0 Å². The molecule has 2 heteroatoms. The standard InChI is InChI=1S/C7H13NO/c9-6-4-5-2-1-3-8-7(5)6/h5-9H,1-4H2/t5-,6?,7-/m0/s1. The second kappa shape index (κ2) is 1.96. The number of fused-ring (bicyclic) bond motifs is 1. The minimum absolute atomic E-state index is 0.0321. The summed E-state index contributed by atoms with van der Waals surface area (Å²) in [5, 5.41) is 12.5. The average molecular weight is 127 g/mol. The van der Waals surface area contributed by atoms with Crippen LogP contribution in [0.2, 0.25) is 0 Å². The Hall–Kier alpha value is -0.0800. The highest BCUT2D eigenvalue weighted by molar-refractivity contribution is 4.96. The number of rotatable bonds is 0. The molecular weight excluding hydrogens is 114 g/mol. The molecule has 52 valence electrons. The van der Waals surface area contributed by atoms with Gasteiger partial charge < -0.3 is 10.4 Å². The van der Waals surface area contributed by atoms with E-state index in [9.17, 15) is 5.11 Å². The van der Waals surface area contributed by atoms with E-state index in [2.05, 4.69) is 5.32 Å². The Labute approximate surface area is 55.3 Å². The molecule has 0 amide bonds. The first-order valence-electron chi connectivity index (χ1n) is 3.79. The molecule has 0 aromatic rings. The third-order valence-corrected chi connectivity index (χ3v) is 2.60. The average Bonchev–Trinajstić information content (AvgIpc) is 1.86. The summed E-state index contributed by atoms with van der Waals surface area (Å²) in [4.78, 5) is 0. The second-order valence-electron chi connectivity index (χ2n) is 3.19. The minimum atomic E-state index is -0.0321. The number of hydrogen-bond donors (Lipinski definition) is 2. The van der Waals surface area contributed by atoms with E-state index in [1.807, 2.05) is 0 Å². The maximum absolute atomic E-state index is 9.18. The summed E-state index contributed by atoms with van der Waals surface area (Å²) in [5.41, 5.74) is 0. The molecule has 0 aromatic carbocycles. The van der Waals surface area contributed by atoms with E-state index in [-0.39, 0.29) is 6.10 Å². The van der Waals surface area contributed by atoms with Gasteiger partial charge in [0.25, 0.3) is 0 Å². The number of piperidine rings is 1. The summed E-state index contributed by atoms with van der Waals surface area (Å²) in [7, 11) is 0. The van der Waals surface area contributed by atoms with Crippen molar-refractivity contribution >= 4 is 0 Å². The maximum atomic E-state index is 9.18. The normalized spacial score (nSPS) is 49.7. The number of hydrogen-bond acceptors (Lipinski definition) is 2. The highest BCUT2D eigenvalue weighted by Crippen LogP contribution is 2.34. The van der Waals surface area contributed by atoms with Crippen LogP contribution in [0.1, 0.15) is 19.3 Å². The van der Waals surface area contributed by atoms with Crippen molar-refractivity contribution in [3.8, 4) is 0 Å². The Balaban J connectivity index is 1.94. The zero-order valence-corrected chi connectivity index (χ0v) is 5.51. The zero-order valence-electron chi connectivity index (χ0n) is 5.51. The summed E-state index contributed by atoms with van der Waals surface area (Å²) in [6.07, 6.45) is 3.63. The summed E-state index contributed by atoms with van der Waals surface area (Å²) in [6, 6.07) is 0.457. The van der Waals surface area contributed by atoms with Gasteiger partial charge in [0, 0.05) is 6.04 Å². The molecule has 2 N–H and O–H groups in total. The molecule has 0 radical (unpaired) electrons. The molecule has 1 aliphatic carbocycles. The molecule has 1 aliphatic heterocycles. The first kappa shape index (κ1) is 5.69. The molecule has 2 rings (SSSR count). The molecule has 1 unspecified atom stereocenters. The van der Waals surface area contributed by atoms with E-state index in [1.165, 1.54) is 12.8 Å². The van der Waals surface area contributed by atoms with E-state index >= 15 is 0 Å². The highest BCUT2D eigenvalue weighted by atomic mass is 16.3. The summed E-state index contributed by atoms with van der Waals surface area (Å²) < 4.78 is 0. The molecular formula is C7H13NO. The van der Waals surface area contributed by atoms with Gasteiger partial charge in [0.2, 0.25) is 0 Å². The van der Waals surface area contributed by atoms with Crippen LogP contribution in [0.4, 0.5) is 0 Å². The molecule has 2 nitrogen and oxygen atoms in total. The zero-order chi connectivity index (χ0) is 6.27. The van der Waals surface area contributed by atoms with Crippen molar-refractivity contribution in [3.63, 3.8) is 0 Å². The van der Waals surface area contributed by atoms with Crippen LogP contribution >= 0.6 is 0 Å². The van der Waals surface area contributed by atoms with Gasteiger partial charge in [-0.15, -0.1) is 0 Å². The number of nitrogens with one attached hydrogen (secondary N) is 1. The lowest BCUT2D eigenvalue weighted by Gasteiger charge is -2.45. The van der Waals surface area contributed by atoms with Crippen LogP contribution in [0.5, 0.6) is 0 Å². The fraction of sp³-hybridized carbons (Fsp3) is 1.00.